The Morgan fingerprint density at radius 2 is 1.29 bits per heavy atom. The van der Waals surface area contributed by atoms with Crippen molar-refractivity contribution in [2.24, 2.45) is 0 Å². The van der Waals surface area contributed by atoms with Crippen LogP contribution in [0, 0.1) is 0 Å². The molecule has 6 atom stereocenters. The zero-order chi connectivity index (χ0) is 30.8. The van der Waals surface area contributed by atoms with Crippen LogP contribution in [0.4, 0.5) is 0 Å². The molecule has 0 heterocycles. The number of aliphatic hydroxyl groups excluding tert-OH is 5. The monoisotopic (exact) mass is 612 g/mol. The SMILES string of the molecule is CCCCCC/C=C\CCCCCCCC(=O)OC(COC(C)=O)COP(=O)(O)OC1C(O)C(O)C(O)C(O)C1O. The first-order valence-electron chi connectivity index (χ1n) is 14.4. The summed E-state index contributed by atoms with van der Waals surface area (Å²) in [7, 11) is -5.06. The van der Waals surface area contributed by atoms with Gasteiger partial charge in [-0.2, -0.15) is 0 Å². The van der Waals surface area contributed by atoms with Crippen molar-refractivity contribution in [3.05, 3.63) is 12.2 Å². The molecule has 0 aromatic rings. The van der Waals surface area contributed by atoms with Gasteiger partial charge in [0, 0.05) is 13.3 Å². The van der Waals surface area contributed by atoms with Crippen LogP contribution in [0.1, 0.15) is 90.9 Å². The van der Waals surface area contributed by atoms with E-state index in [1.807, 2.05) is 0 Å². The Kier molecular flexibility index (Phi) is 18.8. The minimum Gasteiger partial charge on any atom is -0.462 e. The zero-order valence-electron chi connectivity index (χ0n) is 24.1. The van der Waals surface area contributed by atoms with Crippen molar-refractivity contribution in [2.75, 3.05) is 13.2 Å². The summed E-state index contributed by atoms with van der Waals surface area (Å²) in [5.74, 6) is -1.31. The van der Waals surface area contributed by atoms with E-state index in [0.717, 1.165) is 45.4 Å². The molecule has 0 aliphatic heterocycles. The summed E-state index contributed by atoms with van der Waals surface area (Å²) in [5.41, 5.74) is 0. The van der Waals surface area contributed by atoms with E-state index in [-0.39, 0.29) is 6.42 Å². The maximum atomic E-state index is 12.4. The highest BCUT2D eigenvalue weighted by Crippen LogP contribution is 2.47. The Bertz CT molecular complexity index is 807. The van der Waals surface area contributed by atoms with E-state index in [0.29, 0.717) is 6.42 Å². The summed E-state index contributed by atoms with van der Waals surface area (Å²) >= 11 is 0. The molecule has 1 aliphatic carbocycles. The van der Waals surface area contributed by atoms with E-state index < -0.39 is 75.7 Å². The molecule has 0 aromatic carbocycles. The number of hydrogen-bond donors (Lipinski definition) is 6. The van der Waals surface area contributed by atoms with Gasteiger partial charge in [0.25, 0.3) is 0 Å². The maximum absolute atomic E-state index is 12.4. The maximum Gasteiger partial charge on any atom is 0.472 e. The highest BCUT2D eigenvalue weighted by atomic mass is 31.2. The highest BCUT2D eigenvalue weighted by molar-refractivity contribution is 7.47. The van der Waals surface area contributed by atoms with Gasteiger partial charge in [-0.3, -0.25) is 18.6 Å². The quantitative estimate of drug-likeness (QED) is 0.0475. The number of unbranched alkanes of at least 4 members (excludes halogenated alkanes) is 9. The molecule has 6 unspecified atom stereocenters. The lowest BCUT2D eigenvalue weighted by Gasteiger charge is -2.41. The predicted molar refractivity (Wildman–Crippen MR) is 147 cm³/mol. The largest absolute Gasteiger partial charge is 0.472 e. The fraction of sp³-hybridized carbons (Fsp3) is 0.852. The van der Waals surface area contributed by atoms with Crippen LogP contribution in [0.5, 0.6) is 0 Å². The van der Waals surface area contributed by atoms with Crippen LogP contribution in [-0.4, -0.2) is 98.3 Å². The number of esters is 2. The van der Waals surface area contributed by atoms with Crippen LogP contribution in [0.15, 0.2) is 12.2 Å². The summed E-state index contributed by atoms with van der Waals surface area (Å²) in [6, 6.07) is 0. The van der Waals surface area contributed by atoms with Crippen molar-refractivity contribution in [3.8, 4) is 0 Å². The summed E-state index contributed by atoms with van der Waals surface area (Å²) < 4.78 is 32.0. The molecule has 240 valence electrons. The highest BCUT2D eigenvalue weighted by Gasteiger charge is 2.51. The molecule has 14 heteroatoms. The van der Waals surface area contributed by atoms with Crippen LogP contribution >= 0.6 is 7.82 Å². The molecule has 13 nitrogen and oxygen atoms in total. The Morgan fingerprint density at radius 1 is 0.780 bits per heavy atom. The van der Waals surface area contributed by atoms with Crippen LogP contribution < -0.4 is 0 Å². The minimum absolute atomic E-state index is 0.0834. The number of phosphoric acid groups is 1. The second kappa shape index (κ2) is 20.5. The van der Waals surface area contributed by atoms with Gasteiger partial charge in [0.05, 0.1) is 6.61 Å². The first-order chi connectivity index (χ1) is 19.4. The van der Waals surface area contributed by atoms with Crippen LogP contribution in [0.25, 0.3) is 0 Å². The fourth-order valence-corrected chi connectivity index (χ4v) is 5.21. The van der Waals surface area contributed by atoms with E-state index in [4.69, 9.17) is 18.5 Å². The molecule has 1 aliphatic rings. The fourth-order valence-electron chi connectivity index (χ4n) is 4.24. The lowest BCUT2D eigenvalue weighted by atomic mass is 9.85. The average Bonchev–Trinajstić information content (AvgIpc) is 2.93. The van der Waals surface area contributed by atoms with Crippen LogP contribution in [0.2, 0.25) is 0 Å². The van der Waals surface area contributed by atoms with Gasteiger partial charge in [0.2, 0.25) is 0 Å². The van der Waals surface area contributed by atoms with Gasteiger partial charge < -0.3 is 39.9 Å². The number of hydrogen-bond acceptors (Lipinski definition) is 12. The summed E-state index contributed by atoms with van der Waals surface area (Å²) in [6.45, 7) is 2.11. The van der Waals surface area contributed by atoms with Crippen LogP contribution in [0.3, 0.4) is 0 Å². The molecule has 0 bridgehead atoms. The zero-order valence-corrected chi connectivity index (χ0v) is 25.0. The predicted octanol–water partition coefficient (Wildman–Crippen LogP) is 2.04. The molecule has 41 heavy (non-hydrogen) atoms. The van der Waals surface area contributed by atoms with Gasteiger partial charge in [-0.1, -0.05) is 57.6 Å². The molecule has 0 aromatic heterocycles. The van der Waals surface area contributed by atoms with Gasteiger partial charge in [-0.05, 0) is 32.1 Å². The molecule has 1 rings (SSSR count). The van der Waals surface area contributed by atoms with Crippen molar-refractivity contribution in [1.82, 2.24) is 0 Å². The number of carbonyl (C=O) groups is 2. The topological polar surface area (TPSA) is 210 Å². The molecule has 1 fully saturated rings. The van der Waals surface area contributed by atoms with E-state index in [2.05, 4.69) is 19.1 Å². The average molecular weight is 613 g/mol. The Labute approximate surface area is 242 Å². The standard InChI is InChI=1S/C27H49O13P/c1-3-4-5-6-7-8-9-10-11-12-13-14-15-16-21(29)39-20(17-37-19(2)28)18-38-41(35,36)40-27-25(33)23(31)22(30)24(32)26(27)34/h8-9,20,22-27,30-34H,3-7,10-18H2,1-2H3,(H,35,36)/b9-8-. The van der Waals surface area contributed by atoms with Crippen LogP contribution in [-0.2, 0) is 32.7 Å². The molecule has 1 saturated carbocycles. The number of phosphoric ester groups is 1. The number of allylic oxidation sites excluding steroid dienone is 2. The normalized spacial score (nSPS) is 26.9. The first kappa shape index (κ1) is 37.6. The van der Waals surface area contributed by atoms with Gasteiger partial charge in [0.15, 0.2) is 6.10 Å². The molecule has 0 spiro atoms. The van der Waals surface area contributed by atoms with E-state index in [1.54, 1.807) is 0 Å². The molecular formula is C27H49O13P. The number of ether oxygens (including phenoxy) is 2. The Hall–Kier alpha value is -1.41. The van der Waals surface area contributed by atoms with E-state index in [9.17, 15) is 44.6 Å². The third kappa shape index (κ3) is 15.6. The molecular weight excluding hydrogens is 563 g/mol. The summed E-state index contributed by atoms with van der Waals surface area (Å²) in [4.78, 5) is 33.5. The third-order valence-corrected chi connectivity index (χ3v) is 7.65. The smallest absolute Gasteiger partial charge is 0.462 e. The second-order valence-corrected chi connectivity index (χ2v) is 11.7. The number of carbonyl (C=O) groups excluding carboxylic acids is 2. The van der Waals surface area contributed by atoms with Crippen molar-refractivity contribution >= 4 is 19.8 Å². The first-order valence-corrected chi connectivity index (χ1v) is 15.9. The molecule has 0 amide bonds. The molecule has 0 saturated heterocycles. The van der Waals surface area contributed by atoms with Crippen molar-refractivity contribution in [3.63, 3.8) is 0 Å². The van der Waals surface area contributed by atoms with Gasteiger partial charge in [0.1, 0.15) is 43.2 Å². The minimum atomic E-state index is -5.06. The lowest BCUT2D eigenvalue weighted by molar-refractivity contribution is -0.220. The third-order valence-electron chi connectivity index (χ3n) is 6.66. The van der Waals surface area contributed by atoms with Gasteiger partial charge in [-0.25, -0.2) is 4.57 Å². The van der Waals surface area contributed by atoms with E-state index >= 15 is 0 Å². The molecule has 6 N–H and O–H groups in total. The van der Waals surface area contributed by atoms with Crippen molar-refractivity contribution in [2.45, 2.75) is 134 Å². The Morgan fingerprint density at radius 3 is 1.85 bits per heavy atom. The van der Waals surface area contributed by atoms with Gasteiger partial charge in [-0.15, -0.1) is 0 Å². The number of rotatable bonds is 21. The lowest BCUT2D eigenvalue weighted by Crippen LogP contribution is -2.64. The van der Waals surface area contributed by atoms with Gasteiger partial charge >= 0.3 is 19.8 Å². The van der Waals surface area contributed by atoms with E-state index in [1.165, 1.54) is 25.7 Å². The summed E-state index contributed by atoms with van der Waals surface area (Å²) in [5, 5.41) is 49.1. The van der Waals surface area contributed by atoms with Crippen molar-refractivity contribution in [1.29, 1.82) is 0 Å². The Balaban J connectivity index is 2.41. The second-order valence-electron chi connectivity index (χ2n) is 10.3. The van der Waals surface area contributed by atoms with Crippen molar-refractivity contribution < 1.29 is 63.1 Å². The molecule has 0 radical (unpaired) electrons. The summed E-state index contributed by atoms with van der Waals surface area (Å²) in [6.07, 6.45) is 3.04. The number of aliphatic hydroxyl groups is 5.